The molecule has 2 aliphatic heterocycles. The van der Waals surface area contributed by atoms with E-state index in [0.717, 1.165) is 24.3 Å². The van der Waals surface area contributed by atoms with Gasteiger partial charge in [-0.1, -0.05) is 12.1 Å². The Morgan fingerprint density at radius 3 is 2.32 bits per heavy atom. The number of rotatable bonds is 3. The number of fused-ring (bicyclic) bond motifs is 2. The predicted octanol–water partition coefficient (Wildman–Crippen LogP) is 5.21. The van der Waals surface area contributed by atoms with Crippen LogP contribution in [-0.4, -0.2) is 23.1 Å². The van der Waals surface area contributed by atoms with Crippen molar-refractivity contribution in [1.29, 1.82) is 0 Å². The van der Waals surface area contributed by atoms with E-state index in [-0.39, 0.29) is 16.8 Å². The maximum Gasteiger partial charge on any atom is 0.433 e. The molecule has 4 nitrogen and oxygen atoms in total. The highest BCUT2D eigenvalue weighted by Gasteiger charge is 2.45. The van der Waals surface area contributed by atoms with Crippen LogP contribution in [0.2, 0.25) is 0 Å². The quantitative estimate of drug-likeness (QED) is 0.659. The molecule has 2 unspecified atom stereocenters. The minimum atomic E-state index is -4.97. The van der Waals surface area contributed by atoms with Gasteiger partial charge in [-0.25, -0.2) is 9.37 Å². The molecule has 0 spiro atoms. The number of aromatic nitrogens is 1. The van der Waals surface area contributed by atoms with Crippen LogP contribution in [0.5, 0.6) is 0 Å². The average molecular weight is 446 g/mol. The average Bonchev–Trinajstić information content (AvgIpc) is 3.29. The summed E-state index contributed by atoms with van der Waals surface area (Å²) in [4.78, 5) is 16.4. The molecule has 1 saturated heterocycles. The number of ether oxygens (including phenoxy) is 1. The van der Waals surface area contributed by atoms with Gasteiger partial charge in [0.15, 0.2) is 5.82 Å². The predicted molar refractivity (Wildman–Crippen MR) is 94.1 cm³/mol. The van der Waals surface area contributed by atoms with Gasteiger partial charge in [0.1, 0.15) is 5.69 Å². The van der Waals surface area contributed by atoms with Gasteiger partial charge < -0.3 is 10.1 Å². The minimum Gasteiger partial charge on any atom is -0.365 e. The summed E-state index contributed by atoms with van der Waals surface area (Å²) in [5.41, 5.74) is -3.50. The lowest BCUT2D eigenvalue weighted by atomic mass is 9.89. The van der Waals surface area contributed by atoms with E-state index in [2.05, 4.69) is 10.3 Å². The van der Waals surface area contributed by atoms with Gasteiger partial charge in [0.05, 0.1) is 34.7 Å². The fourth-order valence-electron chi connectivity index (χ4n) is 3.76. The van der Waals surface area contributed by atoms with E-state index < -0.39 is 53.2 Å². The summed E-state index contributed by atoms with van der Waals surface area (Å²) in [6.07, 6.45) is -10.3. The Bertz CT molecular complexity index is 1080. The van der Waals surface area contributed by atoms with Gasteiger partial charge in [0.2, 0.25) is 0 Å². The molecule has 164 valence electrons. The number of benzene rings is 1. The molecule has 1 aromatic carbocycles. The van der Waals surface area contributed by atoms with Gasteiger partial charge in [-0.15, -0.1) is 0 Å². The van der Waals surface area contributed by atoms with Crippen LogP contribution in [0.1, 0.15) is 29.8 Å². The fraction of sp³-hybridized carbons (Fsp3) is 0.300. The smallest absolute Gasteiger partial charge is 0.365 e. The number of hydrogen-bond acceptors (Lipinski definition) is 3. The maximum atomic E-state index is 14.3. The van der Waals surface area contributed by atoms with Gasteiger partial charge in [-0.2, -0.15) is 26.3 Å². The molecule has 0 radical (unpaired) electrons. The molecule has 2 atom stereocenters. The summed E-state index contributed by atoms with van der Waals surface area (Å²) in [5.74, 6) is -2.62. The lowest BCUT2D eigenvalue weighted by Crippen LogP contribution is -2.24. The molecular weight excluding hydrogens is 433 g/mol. The van der Waals surface area contributed by atoms with Crippen molar-refractivity contribution in [3.63, 3.8) is 0 Å². The van der Waals surface area contributed by atoms with E-state index in [1.807, 2.05) is 0 Å². The first-order valence-electron chi connectivity index (χ1n) is 9.08. The van der Waals surface area contributed by atoms with Crippen molar-refractivity contribution in [2.75, 3.05) is 5.32 Å². The molecule has 3 heterocycles. The summed E-state index contributed by atoms with van der Waals surface area (Å²) >= 11 is 0. The Morgan fingerprint density at radius 2 is 1.65 bits per heavy atom. The zero-order valence-corrected chi connectivity index (χ0v) is 15.4. The first-order valence-corrected chi connectivity index (χ1v) is 9.08. The van der Waals surface area contributed by atoms with Crippen LogP contribution in [0.4, 0.5) is 36.4 Å². The third-order valence-corrected chi connectivity index (χ3v) is 5.07. The van der Waals surface area contributed by atoms with Crippen molar-refractivity contribution in [3.8, 4) is 0 Å². The zero-order chi connectivity index (χ0) is 22.6. The summed E-state index contributed by atoms with van der Waals surface area (Å²) in [6, 6.07) is 5.61. The van der Waals surface area contributed by atoms with Gasteiger partial charge in [-0.3, -0.25) is 4.79 Å². The van der Waals surface area contributed by atoms with E-state index in [0.29, 0.717) is 18.9 Å². The van der Waals surface area contributed by atoms with Crippen LogP contribution >= 0.6 is 0 Å². The Hall–Kier alpha value is -2.95. The Balaban J connectivity index is 1.73. The van der Waals surface area contributed by atoms with Crippen molar-refractivity contribution >= 4 is 17.2 Å². The topological polar surface area (TPSA) is 51.2 Å². The van der Waals surface area contributed by atoms with Crippen molar-refractivity contribution in [3.05, 3.63) is 64.7 Å². The van der Waals surface area contributed by atoms with Crippen molar-refractivity contribution in [2.45, 2.75) is 37.4 Å². The monoisotopic (exact) mass is 446 g/mol. The summed E-state index contributed by atoms with van der Waals surface area (Å²) in [7, 11) is 0. The van der Waals surface area contributed by atoms with Crippen LogP contribution < -0.4 is 5.32 Å². The van der Waals surface area contributed by atoms with Gasteiger partial charge in [0.25, 0.3) is 5.91 Å². The second-order valence-electron chi connectivity index (χ2n) is 7.04. The van der Waals surface area contributed by atoms with Crippen LogP contribution in [-0.2, 0) is 21.9 Å². The van der Waals surface area contributed by atoms with E-state index in [4.69, 9.17) is 4.74 Å². The molecule has 0 aliphatic carbocycles. The normalized spacial score (nSPS) is 21.0. The van der Waals surface area contributed by atoms with Crippen molar-refractivity contribution in [1.82, 2.24) is 4.98 Å². The fourth-order valence-corrected chi connectivity index (χ4v) is 3.76. The second-order valence-corrected chi connectivity index (χ2v) is 7.04. The standard InChI is InChI=1S/C20H13F7N2O2/c21-17-9(19(22,23)24)3-1-5-11(17)29-18(30)16-13-8-7-12(31-13)15(16)10-4-2-6-14(28-10)20(25,26)27/h1-6,12-13H,7-8H2,(H,29,30). The molecule has 4 rings (SSSR count). The molecule has 1 aromatic heterocycles. The summed E-state index contributed by atoms with van der Waals surface area (Å²) < 4.78 is 97.8. The largest absolute Gasteiger partial charge is 0.433 e. The first-order chi connectivity index (χ1) is 14.5. The third-order valence-electron chi connectivity index (χ3n) is 5.07. The molecule has 11 heteroatoms. The first kappa shape index (κ1) is 21.3. The van der Waals surface area contributed by atoms with E-state index in [1.165, 1.54) is 6.07 Å². The maximum absolute atomic E-state index is 14.3. The Kier molecular flexibility index (Phi) is 5.03. The number of anilines is 1. The number of halogens is 7. The molecule has 1 amide bonds. The number of alkyl halides is 6. The highest BCUT2D eigenvalue weighted by atomic mass is 19.4. The second kappa shape index (κ2) is 7.33. The molecule has 2 aliphatic rings. The van der Waals surface area contributed by atoms with Gasteiger partial charge in [0, 0.05) is 5.57 Å². The number of nitrogens with zero attached hydrogens (tertiary/aromatic N) is 1. The van der Waals surface area contributed by atoms with Crippen LogP contribution in [0.25, 0.3) is 5.57 Å². The zero-order valence-electron chi connectivity index (χ0n) is 15.4. The molecule has 31 heavy (non-hydrogen) atoms. The highest BCUT2D eigenvalue weighted by Crippen LogP contribution is 2.45. The van der Waals surface area contributed by atoms with Gasteiger partial charge >= 0.3 is 12.4 Å². The number of nitrogens with one attached hydrogen (secondary N) is 1. The molecule has 1 fully saturated rings. The van der Waals surface area contributed by atoms with Gasteiger partial charge in [-0.05, 0) is 37.1 Å². The van der Waals surface area contributed by atoms with E-state index in [1.54, 1.807) is 0 Å². The number of pyridine rings is 1. The van der Waals surface area contributed by atoms with Crippen LogP contribution in [0.15, 0.2) is 42.0 Å². The highest BCUT2D eigenvalue weighted by molar-refractivity contribution is 6.11. The molecule has 0 saturated carbocycles. The van der Waals surface area contributed by atoms with Crippen molar-refractivity contribution in [2.24, 2.45) is 0 Å². The minimum absolute atomic E-state index is 0.0695. The lowest BCUT2D eigenvalue weighted by Gasteiger charge is -2.18. The van der Waals surface area contributed by atoms with E-state index in [9.17, 15) is 35.5 Å². The van der Waals surface area contributed by atoms with E-state index >= 15 is 0 Å². The molecule has 2 bridgehead atoms. The number of carbonyl (C=O) groups is 1. The van der Waals surface area contributed by atoms with Crippen LogP contribution in [0.3, 0.4) is 0 Å². The number of amides is 1. The number of carbonyl (C=O) groups excluding carboxylic acids is 1. The molecule has 2 aromatic rings. The van der Waals surface area contributed by atoms with Crippen LogP contribution in [0, 0.1) is 5.82 Å². The third kappa shape index (κ3) is 3.89. The SMILES string of the molecule is O=C(Nc1cccc(C(F)(F)F)c1F)C1=C(c2cccc(C(F)(F)F)n2)C2CCC1O2. The molecular formula is C20H13F7N2O2. The Morgan fingerprint density at radius 1 is 0.968 bits per heavy atom. The van der Waals surface area contributed by atoms with Crippen molar-refractivity contribution < 1.29 is 40.3 Å². The summed E-state index contributed by atoms with van der Waals surface area (Å²) in [6.45, 7) is 0. The summed E-state index contributed by atoms with van der Waals surface area (Å²) in [5, 5.41) is 2.09. The lowest BCUT2D eigenvalue weighted by molar-refractivity contribution is -0.141. The molecule has 1 N–H and O–H groups in total. The number of hydrogen-bond donors (Lipinski definition) is 1. The Labute approximate surface area is 170 Å².